The van der Waals surface area contributed by atoms with Crippen molar-refractivity contribution in [1.82, 2.24) is 14.7 Å². The van der Waals surface area contributed by atoms with Crippen LogP contribution in [0.25, 0.3) is 0 Å². The van der Waals surface area contributed by atoms with Gasteiger partial charge >= 0.3 is 0 Å². The van der Waals surface area contributed by atoms with Crippen LogP contribution in [0, 0.1) is 12.7 Å². The van der Waals surface area contributed by atoms with E-state index < -0.39 is 15.8 Å². The third-order valence-electron chi connectivity index (χ3n) is 2.43. The van der Waals surface area contributed by atoms with Gasteiger partial charge in [0.25, 0.3) is 0 Å². The van der Waals surface area contributed by atoms with Gasteiger partial charge in [-0.15, -0.1) is 0 Å². The molecule has 0 atom stereocenters. The Balaban J connectivity index is 2.17. The van der Waals surface area contributed by atoms with Gasteiger partial charge in [-0.1, -0.05) is 12.1 Å². The van der Waals surface area contributed by atoms with Crippen LogP contribution in [-0.4, -0.2) is 18.4 Å². The monoisotopic (exact) mass is 281 g/mol. The van der Waals surface area contributed by atoms with Gasteiger partial charge in [0.15, 0.2) is 0 Å². The molecule has 1 N–H and O–H groups in total. The van der Waals surface area contributed by atoms with Crippen LogP contribution in [0.3, 0.4) is 0 Å². The minimum atomic E-state index is -3.89. The lowest BCUT2D eigenvalue weighted by molar-refractivity contribution is 0.556. The van der Waals surface area contributed by atoms with Crippen LogP contribution in [0.2, 0.25) is 0 Å². The first kappa shape index (κ1) is 13.6. The fourth-order valence-electron chi connectivity index (χ4n) is 1.52. The van der Waals surface area contributed by atoms with Crippen molar-refractivity contribution in [2.24, 2.45) is 0 Å². The number of aromatic nitrogens is 2. The lowest BCUT2D eigenvalue weighted by atomic mass is 10.3. The Labute approximate surface area is 110 Å². The van der Waals surface area contributed by atoms with Crippen molar-refractivity contribution in [2.45, 2.75) is 18.4 Å². The lowest BCUT2D eigenvalue weighted by Gasteiger charge is -2.07. The van der Waals surface area contributed by atoms with Crippen molar-refractivity contribution < 1.29 is 12.8 Å². The molecular weight excluding hydrogens is 269 g/mol. The molecule has 1 aromatic heterocycles. The summed E-state index contributed by atoms with van der Waals surface area (Å²) in [5.41, 5.74) is 1.25. The zero-order chi connectivity index (χ0) is 13.9. The summed E-state index contributed by atoms with van der Waals surface area (Å²) in [6, 6.07) is 6.87. The van der Waals surface area contributed by atoms with Crippen LogP contribution in [0.5, 0.6) is 0 Å². The SMILES string of the molecule is Cc1cc(CNS(=O)(=O)c2ccccc2F)ncn1. The highest BCUT2D eigenvalue weighted by Gasteiger charge is 2.18. The quantitative estimate of drug-likeness (QED) is 0.919. The standard InChI is InChI=1S/C12H12FN3O2S/c1-9-6-10(15-8-14-9)7-16-19(17,18)12-5-3-2-4-11(12)13/h2-6,8,16H,7H2,1H3. The largest absolute Gasteiger partial charge is 0.243 e. The van der Waals surface area contributed by atoms with Gasteiger partial charge in [0, 0.05) is 5.69 Å². The first-order chi connectivity index (χ1) is 8.99. The first-order valence-corrected chi connectivity index (χ1v) is 6.99. The van der Waals surface area contributed by atoms with Crippen molar-refractivity contribution >= 4 is 10.0 Å². The summed E-state index contributed by atoms with van der Waals surface area (Å²) in [7, 11) is -3.89. The molecule has 5 nitrogen and oxygen atoms in total. The van der Waals surface area contributed by atoms with Crippen LogP contribution >= 0.6 is 0 Å². The maximum Gasteiger partial charge on any atom is 0.243 e. The topological polar surface area (TPSA) is 72.0 Å². The molecule has 0 unspecified atom stereocenters. The molecule has 0 saturated carbocycles. The molecule has 7 heteroatoms. The molecule has 1 aromatic carbocycles. The highest BCUT2D eigenvalue weighted by molar-refractivity contribution is 7.89. The molecule has 0 aliphatic rings. The smallest absolute Gasteiger partial charge is 0.242 e. The van der Waals surface area contributed by atoms with Crippen molar-refractivity contribution in [3.05, 3.63) is 53.9 Å². The minimum Gasteiger partial charge on any atom is -0.242 e. The van der Waals surface area contributed by atoms with Crippen LogP contribution in [0.15, 0.2) is 41.6 Å². The number of hydrogen-bond donors (Lipinski definition) is 1. The van der Waals surface area contributed by atoms with E-state index in [-0.39, 0.29) is 11.4 Å². The molecule has 0 aliphatic carbocycles. The molecule has 100 valence electrons. The normalized spacial score (nSPS) is 11.5. The molecule has 19 heavy (non-hydrogen) atoms. The predicted octanol–water partition coefficient (Wildman–Crippen LogP) is 1.40. The van der Waals surface area contributed by atoms with E-state index in [1.54, 1.807) is 13.0 Å². The Kier molecular flexibility index (Phi) is 3.87. The lowest BCUT2D eigenvalue weighted by Crippen LogP contribution is -2.24. The summed E-state index contributed by atoms with van der Waals surface area (Å²) < 4.78 is 39.6. The molecule has 0 bridgehead atoms. The van der Waals surface area contributed by atoms with Gasteiger partial charge in [0.2, 0.25) is 10.0 Å². The number of hydrogen-bond acceptors (Lipinski definition) is 4. The summed E-state index contributed by atoms with van der Waals surface area (Å²) in [5.74, 6) is -0.783. The van der Waals surface area contributed by atoms with E-state index in [1.165, 1.54) is 24.5 Å². The van der Waals surface area contributed by atoms with E-state index in [1.807, 2.05) is 0 Å². The molecule has 0 saturated heterocycles. The number of sulfonamides is 1. The van der Waals surface area contributed by atoms with Gasteiger partial charge in [-0.05, 0) is 25.1 Å². The molecule has 0 amide bonds. The van der Waals surface area contributed by atoms with E-state index in [0.717, 1.165) is 11.8 Å². The molecule has 0 spiro atoms. The number of aryl methyl sites for hydroxylation is 1. The first-order valence-electron chi connectivity index (χ1n) is 5.51. The second-order valence-corrected chi connectivity index (χ2v) is 5.64. The Bertz CT molecular complexity index is 689. The van der Waals surface area contributed by atoms with Crippen LogP contribution in [0.4, 0.5) is 4.39 Å². The summed E-state index contributed by atoms with van der Waals surface area (Å²) in [6.07, 6.45) is 1.35. The maximum atomic E-state index is 13.4. The van der Waals surface area contributed by atoms with Gasteiger partial charge < -0.3 is 0 Å². The molecule has 0 radical (unpaired) electrons. The van der Waals surface area contributed by atoms with Crippen LogP contribution in [-0.2, 0) is 16.6 Å². The van der Waals surface area contributed by atoms with E-state index in [2.05, 4.69) is 14.7 Å². The zero-order valence-corrected chi connectivity index (χ0v) is 11.0. The van der Waals surface area contributed by atoms with E-state index >= 15 is 0 Å². The Morgan fingerprint density at radius 3 is 2.68 bits per heavy atom. The summed E-state index contributed by atoms with van der Waals surface area (Å²) >= 11 is 0. The number of halogens is 1. The summed E-state index contributed by atoms with van der Waals surface area (Å²) in [5, 5.41) is 0. The summed E-state index contributed by atoms with van der Waals surface area (Å²) in [6.45, 7) is 1.76. The summed E-state index contributed by atoms with van der Waals surface area (Å²) in [4.78, 5) is 7.46. The number of nitrogens with zero attached hydrogens (tertiary/aromatic N) is 2. The second-order valence-electron chi connectivity index (χ2n) is 3.91. The minimum absolute atomic E-state index is 0.0139. The van der Waals surface area contributed by atoms with Crippen LogP contribution < -0.4 is 4.72 Å². The third kappa shape index (κ3) is 3.33. The maximum absolute atomic E-state index is 13.4. The van der Waals surface area contributed by atoms with Gasteiger partial charge in [-0.2, -0.15) is 0 Å². The van der Waals surface area contributed by atoms with E-state index in [0.29, 0.717) is 5.69 Å². The Morgan fingerprint density at radius 2 is 2.00 bits per heavy atom. The predicted molar refractivity (Wildman–Crippen MR) is 67.2 cm³/mol. The Morgan fingerprint density at radius 1 is 1.26 bits per heavy atom. The number of rotatable bonds is 4. The average Bonchev–Trinajstić information content (AvgIpc) is 2.37. The fourth-order valence-corrected chi connectivity index (χ4v) is 2.59. The molecule has 2 rings (SSSR count). The van der Waals surface area contributed by atoms with E-state index in [4.69, 9.17) is 0 Å². The molecular formula is C12H12FN3O2S. The number of nitrogens with one attached hydrogen (secondary N) is 1. The highest BCUT2D eigenvalue weighted by atomic mass is 32.2. The average molecular weight is 281 g/mol. The third-order valence-corrected chi connectivity index (χ3v) is 3.86. The van der Waals surface area contributed by atoms with Gasteiger partial charge in [-0.3, -0.25) is 0 Å². The van der Waals surface area contributed by atoms with Gasteiger partial charge in [0.05, 0.1) is 12.2 Å². The van der Waals surface area contributed by atoms with Gasteiger partial charge in [0.1, 0.15) is 17.0 Å². The molecule has 0 aliphatic heterocycles. The van der Waals surface area contributed by atoms with Gasteiger partial charge in [-0.25, -0.2) is 27.5 Å². The zero-order valence-electron chi connectivity index (χ0n) is 10.2. The van der Waals surface area contributed by atoms with E-state index in [9.17, 15) is 12.8 Å². The van der Waals surface area contributed by atoms with Crippen LogP contribution in [0.1, 0.15) is 11.4 Å². The van der Waals surface area contributed by atoms with Crippen molar-refractivity contribution in [3.8, 4) is 0 Å². The molecule has 1 heterocycles. The molecule has 0 fully saturated rings. The fraction of sp³-hybridized carbons (Fsp3) is 0.167. The van der Waals surface area contributed by atoms with Crippen molar-refractivity contribution in [3.63, 3.8) is 0 Å². The highest BCUT2D eigenvalue weighted by Crippen LogP contribution is 2.13. The Hall–Kier alpha value is -1.86. The number of benzene rings is 1. The molecule has 2 aromatic rings. The second kappa shape index (κ2) is 5.41. The van der Waals surface area contributed by atoms with Crippen molar-refractivity contribution in [1.29, 1.82) is 0 Å². The van der Waals surface area contributed by atoms with Crippen molar-refractivity contribution in [2.75, 3.05) is 0 Å².